The van der Waals surface area contributed by atoms with Gasteiger partial charge < -0.3 is 9.47 Å². The van der Waals surface area contributed by atoms with Gasteiger partial charge in [-0.05, 0) is 24.3 Å². The molecular formula is C11H11ClO3. The average Bonchev–Trinajstić information content (AvgIpc) is 2.71. The zero-order valence-electron chi connectivity index (χ0n) is 8.11. The lowest BCUT2D eigenvalue weighted by molar-refractivity contribution is 0.0270. The second kappa shape index (κ2) is 4.64. The minimum Gasteiger partial charge on any atom is -0.456 e. The number of esters is 1. The highest BCUT2D eigenvalue weighted by Gasteiger charge is 2.20. The zero-order chi connectivity index (χ0) is 10.7. The van der Waals surface area contributed by atoms with Crippen LogP contribution in [0, 0.1) is 0 Å². The Morgan fingerprint density at radius 1 is 1.40 bits per heavy atom. The van der Waals surface area contributed by atoms with E-state index in [1.54, 1.807) is 24.3 Å². The molecule has 1 saturated heterocycles. The SMILES string of the molecule is O=C(OC1CCOC1)c1ccc(Cl)cc1. The van der Waals surface area contributed by atoms with E-state index in [2.05, 4.69) is 0 Å². The maximum absolute atomic E-state index is 11.6. The zero-order valence-corrected chi connectivity index (χ0v) is 8.87. The van der Waals surface area contributed by atoms with Crippen LogP contribution in [-0.4, -0.2) is 25.3 Å². The molecule has 0 aliphatic carbocycles. The van der Waals surface area contributed by atoms with Crippen LogP contribution >= 0.6 is 11.6 Å². The molecule has 0 radical (unpaired) electrons. The summed E-state index contributed by atoms with van der Waals surface area (Å²) in [5, 5.41) is 0.607. The molecule has 1 aromatic carbocycles. The molecule has 0 N–H and O–H groups in total. The highest BCUT2D eigenvalue weighted by Crippen LogP contribution is 2.14. The fourth-order valence-electron chi connectivity index (χ4n) is 1.41. The number of hydrogen-bond donors (Lipinski definition) is 0. The molecule has 1 aliphatic rings. The van der Waals surface area contributed by atoms with Crippen LogP contribution in [0.15, 0.2) is 24.3 Å². The van der Waals surface area contributed by atoms with Crippen molar-refractivity contribution in [3.63, 3.8) is 0 Å². The topological polar surface area (TPSA) is 35.5 Å². The molecule has 15 heavy (non-hydrogen) atoms. The van der Waals surface area contributed by atoms with Crippen molar-refractivity contribution in [1.29, 1.82) is 0 Å². The standard InChI is InChI=1S/C11H11ClO3/c12-9-3-1-8(2-4-9)11(13)15-10-5-6-14-7-10/h1-4,10H,5-7H2. The third-order valence-electron chi connectivity index (χ3n) is 2.24. The van der Waals surface area contributed by atoms with E-state index in [0.29, 0.717) is 23.8 Å². The summed E-state index contributed by atoms with van der Waals surface area (Å²) in [7, 11) is 0. The van der Waals surface area contributed by atoms with Gasteiger partial charge in [-0.2, -0.15) is 0 Å². The Kier molecular flexibility index (Phi) is 3.23. The maximum atomic E-state index is 11.6. The molecule has 3 nitrogen and oxygen atoms in total. The van der Waals surface area contributed by atoms with E-state index in [1.807, 2.05) is 0 Å². The van der Waals surface area contributed by atoms with Crippen LogP contribution in [-0.2, 0) is 9.47 Å². The van der Waals surface area contributed by atoms with Crippen molar-refractivity contribution in [3.05, 3.63) is 34.9 Å². The summed E-state index contributed by atoms with van der Waals surface area (Å²) < 4.78 is 10.3. The van der Waals surface area contributed by atoms with Gasteiger partial charge in [0, 0.05) is 11.4 Å². The number of halogens is 1. The first-order valence-electron chi connectivity index (χ1n) is 4.80. The van der Waals surface area contributed by atoms with E-state index in [4.69, 9.17) is 21.1 Å². The van der Waals surface area contributed by atoms with E-state index in [0.717, 1.165) is 6.42 Å². The van der Waals surface area contributed by atoms with Crippen LogP contribution in [0.25, 0.3) is 0 Å². The van der Waals surface area contributed by atoms with Gasteiger partial charge >= 0.3 is 5.97 Å². The Labute approximate surface area is 92.9 Å². The molecule has 1 aromatic rings. The average molecular weight is 227 g/mol. The van der Waals surface area contributed by atoms with Crippen molar-refractivity contribution in [3.8, 4) is 0 Å². The summed E-state index contributed by atoms with van der Waals surface area (Å²) in [6.07, 6.45) is 0.674. The minimum absolute atomic E-state index is 0.104. The van der Waals surface area contributed by atoms with E-state index < -0.39 is 0 Å². The Balaban J connectivity index is 1.98. The van der Waals surface area contributed by atoms with E-state index in [9.17, 15) is 4.79 Å². The lowest BCUT2D eigenvalue weighted by Crippen LogP contribution is -2.17. The van der Waals surface area contributed by atoms with E-state index in [-0.39, 0.29) is 12.1 Å². The van der Waals surface area contributed by atoms with Crippen molar-refractivity contribution in [2.24, 2.45) is 0 Å². The van der Waals surface area contributed by atoms with Crippen molar-refractivity contribution in [2.45, 2.75) is 12.5 Å². The van der Waals surface area contributed by atoms with Crippen LogP contribution in [0.4, 0.5) is 0 Å². The smallest absolute Gasteiger partial charge is 0.338 e. The van der Waals surface area contributed by atoms with Crippen molar-refractivity contribution < 1.29 is 14.3 Å². The first kappa shape index (κ1) is 10.5. The highest BCUT2D eigenvalue weighted by atomic mass is 35.5. The molecule has 4 heteroatoms. The predicted molar refractivity (Wildman–Crippen MR) is 56.1 cm³/mol. The molecule has 1 fully saturated rings. The van der Waals surface area contributed by atoms with Gasteiger partial charge in [0.1, 0.15) is 6.10 Å². The Morgan fingerprint density at radius 3 is 2.73 bits per heavy atom. The quantitative estimate of drug-likeness (QED) is 0.726. The number of hydrogen-bond acceptors (Lipinski definition) is 3. The fraction of sp³-hybridized carbons (Fsp3) is 0.364. The first-order chi connectivity index (χ1) is 7.25. The lowest BCUT2D eigenvalue weighted by atomic mass is 10.2. The van der Waals surface area contributed by atoms with Crippen molar-refractivity contribution in [1.82, 2.24) is 0 Å². The Hall–Kier alpha value is -1.06. The molecule has 1 atom stereocenters. The van der Waals surface area contributed by atoms with Crippen LogP contribution < -0.4 is 0 Å². The predicted octanol–water partition coefficient (Wildman–Crippen LogP) is 2.29. The highest BCUT2D eigenvalue weighted by molar-refractivity contribution is 6.30. The number of carbonyl (C=O) groups is 1. The normalized spacial score (nSPS) is 20.2. The number of ether oxygens (including phenoxy) is 2. The lowest BCUT2D eigenvalue weighted by Gasteiger charge is -2.09. The van der Waals surface area contributed by atoms with Crippen LogP contribution in [0.5, 0.6) is 0 Å². The molecule has 1 heterocycles. The maximum Gasteiger partial charge on any atom is 0.338 e. The summed E-state index contributed by atoms with van der Waals surface area (Å²) in [6, 6.07) is 6.65. The van der Waals surface area contributed by atoms with Crippen LogP contribution in [0.2, 0.25) is 5.02 Å². The third-order valence-corrected chi connectivity index (χ3v) is 2.49. The minimum atomic E-state index is -0.317. The number of carbonyl (C=O) groups excluding carboxylic acids is 1. The van der Waals surface area contributed by atoms with E-state index >= 15 is 0 Å². The molecule has 0 saturated carbocycles. The molecule has 1 unspecified atom stereocenters. The summed E-state index contributed by atoms with van der Waals surface area (Å²) in [6.45, 7) is 1.16. The third kappa shape index (κ3) is 2.70. The Bertz CT molecular complexity index is 341. The van der Waals surface area contributed by atoms with Crippen LogP contribution in [0.3, 0.4) is 0 Å². The van der Waals surface area contributed by atoms with Gasteiger partial charge in [0.15, 0.2) is 0 Å². The number of rotatable bonds is 2. The van der Waals surface area contributed by atoms with Gasteiger partial charge in [-0.3, -0.25) is 0 Å². The molecule has 0 amide bonds. The molecular weight excluding hydrogens is 216 g/mol. The molecule has 80 valence electrons. The molecule has 0 spiro atoms. The van der Waals surface area contributed by atoms with Crippen LogP contribution in [0.1, 0.15) is 16.8 Å². The van der Waals surface area contributed by atoms with Gasteiger partial charge in [0.25, 0.3) is 0 Å². The second-order valence-electron chi connectivity index (χ2n) is 3.40. The molecule has 1 aliphatic heterocycles. The summed E-state index contributed by atoms with van der Waals surface area (Å²) >= 11 is 5.71. The largest absolute Gasteiger partial charge is 0.456 e. The molecule has 0 aromatic heterocycles. The Morgan fingerprint density at radius 2 is 2.13 bits per heavy atom. The first-order valence-corrected chi connectivity index (χ1v) is 5.18. The van der Waals surface area contributed by atoms with Crippen molar-refractivity contribution in [2.75, 3.05) is 13.2 Å². The molecule has 0 bridgehead atoms. The van der Waals surface area contributed by atoms with Gasteiger partial charge in [0.2, 0.25) is 0 Å². The number of benzene rings is 1. The van der Waals surface area contributed by atoms with Crippen molar-refractivity contribution >= 4 is 17.6 Å². The van der Waals surface area contributed by atoms with E-state index in [1.165, 1.54) is 0 Å². The summed E-state index contributed by atoms with van der Waals surface area (Å²) in [4.78, 5) is 11.6. The van der Waals surface area contributed by atoms with Gasteiger partial charge in [-0.25, -0.2) is 4.79 Å². The van der Waals surface area contributed by atoms with Gasteiger partial charge in [0.05, 0.1) is 18.8 Å². The molecule has 2 rings (SSSR count). The summed E-state index contributed by atoms with van der Waals surface area (Å²) in [5.74, 6) is -0.317. The second-order valence-corrected chi connectivity index (χ2v) is 3.83. The van der Waals surface area contributed by atoms with Gasteiger partial charge in [-0.1, -0.05) is 11.6 Å². The van der Waals surface area contributed by atoms with Gasteiger partial charge in [-0.15, -0.1) is 0 Å². The fourth-order valence-corrected chi connectivity index (χ4v) is 1.54. The summed E-state index contributed by atoms with van der Waals surface area (Å²) in [5.41, 5.74) is 0.520. The monoisotopic (exact) mass is 226 g/mol.